The molecule has 1 N–H and O–H groups in total. The number of aromatic nitrogens is 1. The molecule has 1 atom stereocenters. The molecule has 3 aromatic carbocycles. The van der Waals surface area contributed by atoms with Gasteiger partial charge in [-0.1, -0.05) is 42.0 Å². The van der Waals surface area contributed by atoms with Crippen LogP contribution in [0.5, 0.6) is 5.75 Å². The molecule has 1 heterocycles. The van der Waals surface area contributed by atoms with E-state index in [0.29, 0.717) is 19.0 Å². The van der Waals surface area contributed by atoms with Gasteiger partial charge in [0.2, 0.25) is 0 Å². The minimum atomic E-state index is -3.98. The van der Waals surface area contributed by atoms with E-state index >= 15 is 0 Å². The summed E-state index contributed by atoms with van der Waals surface area (Å²) in [4.78, 5) is 4.74. The van der Waals surface area contributed by atoms with Crippen LogP contribution >= 0.6 is 18.9 Å². The molecule has 4 aromatic rings. The van der Waals surface area contributed by atoms with E-state index in [4.69, 9.17) is 23.0 Å². The van der Waals surface area contributed by atoms with Gasteiger partial charge in [0.05, 0.1) is 41.1 Å². The molecule has 12 heteroatoms. The van der Waals surface area contributed by atoms with Crippen molar-refractivity contribution in [2.75, 3.05) is 26.4 Å². The SMILES string of the molecule is CCOP(=O)(Cc1ccc(-c2nc3cc(OCC(O)COS(=O)(=O)c4ccc(C)cc4)ccc3s2)cc1)OCC. The molecule has 0 fully saturated rings. The lowest BCUT2D eigenvalue weighted by atomic mass is 10.2. The normalized spacial score (nSPS) is 13.0. The standard InChI is InChI=1S/C28H32NO8PS2/c1-4-35-38(31,36-5-2)19-21-8-10-22(11-9-21)28-29-26-16-24(12-15-27(26)39-28)34-17-23(30)18-37-40(32,33)25-13-6-20(3)7-14-25/h6-16,23,30H,4-5,17-19H2,1-3H3. The van der Waals surface area contributed by atoms with E-state index in [1.54, 1.807) is 38.1 Å². The third-order valence-corrected chi connectivity index (χ3v) is 10.2. The van der Waals surface area contributed by atoms with Gasteiger partial charge in [-0.3, -0.25) is 8.75 Å². The Morgan fingerprint density at radius 3 is 2.27 bits per heavy atom. The first-order chi connectivity index (χ1) is 19.1. The third kappa shape index (κ3) is 7.98. The molecule has 0 saturated heterocycles. The number of rotatable bonds is 14. The molecular formula is C28H32NO8PS2. The van der Waals surface area contributed by atoms with Crippen molar-refractivity contribution in [1.82, 2.24) is 4.98 Å². The third-order valence-electron chi connectivity index (χ3n) is 5.76. The van der Waals surface area contributed by atoms with Gasteiger partial charge in [-0.05, 0) is 50.6 Å². The number of hydrogen-bond donors (Lipinski definition) is 1. The van der Waals surface area contributed by atoms with Crippen LogP contribution in [0, 0.1) is 6.92 Å². The van der Waals surface area contributed by atoms with E-state index in [9.17, 15) is 18.1 Å². The molecular weight excluding hydrogens is 573 g/mol. The van der Waals surface area contributed by atoms with Gasteiger partial charge in [-0.25, -0.2) is 4.98 Å². The van der Waals surface area contributed by atoms with E-state index < -0.39 is 30.4 Å². The van der Waals surface area contributed by atoms with Crippen LogP contribution in [-0.2, 0) is 34.1 Å². The van der Waals surface area contributed by atoms with Gasteiger partial charge in [0.1, 0.15) is 23.5 Å². The van der Waals surface area contributed by atoms with Crippen LogP contribution in [0.1, 0.15) is 25.0 Å². The first-order valence-electron chi connectivity index (χ1n) is 12.8. The number of fused-ring (bicyclic) bond motifs is 1. The van der Waals surface area contributed by atoms with Crippen molar-refractivity contribution < 1.29 is 36.1 Å². The minimum absolute atomic E-state index is 0.0293. The summed E-state index contributed by atoms with van der Waals surface area (Å²) in [6.07, 6.45) is -0.953. The zero-order valence-corrected chi connectivity index (χ0v) is 25.0. The molecule has 0 saturated carbocycles. The number of aryl methyl sites for hydroxylation is 1. The number of aliphatic hydroxyl groups excluding tert-OH is 1. The van der Waals surface area contributed by atoms with Crippen LogP contribution in [0.4, 0.5) is 0 Å². The van der Waals surface area contributed by atoms with Crippen molar-refractivity contribution in [3.63, 3.8) is 0 Å². The maximum Gasteiger partial charge on any atom is 0.335 e. The highest BCUT2D eigenvalue weighted by Gasteiger charge is 2.24. The van der Waals surface area contributed by atoms with Crippen molar-refractivity contribution in [3.8, 4) is 16.3 Å². The Morgan fingerprint density at radius 2 is 1.62 bits per heavy atom. The van der Waals surface area contributed by atoms with E-state index in [1.807, 2.05) is 37.3 Å². The van der Waals surface area contributed by atoms with E-state index in [2.05, 4.69) is 0 Å². The largest absolute Gasteiger partial charge is 0.491 e. The number of hydrogen-bond acceptors (Lipinski definition) is 10. The average molecular weight is 606 g/mol. The van der Waals surface area contributed by atoms with Crippen molar-refractivity contribution in [2.45, 2.75) is 37.9 Å². The highest BCUT2D eigenvalue weighted by atomic mass is 32.2. The molecule has 0 amide bonds. The number of aliphatic hydroxyl groups is 1. The fourth-order valence-corrected chi connectivity index (χ4v) is 7.40. The summed E-state index contributed by atoms with van der Waals surface area (Å²) in [6.45, 7) is 5.48. The van der Waals surface area contributed by atoms with E-state index in [-0.39, 0.29) is 17.7 Å². The summed E-state index contributed by atoms with van der Waals surface area (Å²) < 4.78 is 59.8. The smallest absolute Gasteiger partial charge is 0.335 e. The second kappa shape index (κ2) is 13.4. The first-order valence-corrected chi connectivity index (χ1v) is 16.7. The monoisotopic (exact) mass is 605 g/mol. The predicted octanol–water partition coefficient (Wildman–Crippen LogP) is 6.18. The summed E-state index contributed by atoms with van der Waals surface area (Å²) in [5.41, 5.74) is 3.42. The summed E-state index contributed by atoms with van der Waals surface area (Å²) in [7, 11) is -7.16. The lowest BCUT2D eigenvalue weighted by Crippen LogP contribution is -2.25. The number of ether oxygens (including phenoxy) is 1. The highest BCUT2D eigenvalue weighted by molar-refractivity contribution is 7.86. The number of nitrogens with zero attached hydrogens (tertiary/aromatic N) is 1. The lowest BCUT2D eigenvalue weighted by Gasteiger charge is -2.17. The topological polar surface area (TPSA) is 121 Å². The molecule has 0 spiro atoms. The average Bonchev–Trinajstić information content (AvgIpc) is 3.35. The van der Waals surface area contributed by atoms with Crippen LogP contribution in [0.2, 0.25) is 0 Å². The van der Waals surface area contributed by atoms with Crippen LogP contribution < -0.4 is 4.74 Å². The van der Waals surface area contributed by atoms with Crippen LogP contribution in [0.3, 0.4) is 0 Å². The zero-order chi connectivity index (χ0) is 28.8. The van der Waals surface area contributed by atoms with Crippen LogP contribution in [-0.4, -0.2) is 51.0 Å². The summed E-state index contributed by atoms with van der Waals surface area (Å²) >= 11 is 1.52. The van der Waals surface area contributed by atoms with Gasteiger partial charge in [0.15, 0.2) is 0 Å². The molecule has 40 heavy (non-hydrogen) atoms. The minimum Gasteiger partial charge on any atom is -0.491 e. The Hall–Kier alpha value is -2.63. The zero-order valence-electron chi connectivity index (χ0n) is 22.5. The summed E-state index contributed by atoms with van der Waals surface area (Å²) in [5, 5.41) is 11.0. The van der Waals surface area contributed by atoms with Gasteiger partial charge < -0.3 is 18.9 Å². The van der Waals surface area contributed by atoms with Crippen molar-refractivity contribution >= 4 is 39.3 Å². The maximum absolute atomic E-state index is 12.8. The molecule has 0 aliphatic heterocycles. The number of benzene rings is 3. The van der Waals surface area contributed by atoms with Crippen molar-refractivity contribution in [2.24, 2.45) is 0 Å². The second-order valence-corrected chi connectivity index (χ2v) is 13.7. The fourth-order valence-electron chi connectivity index (χ4n) is 3.80. The fraction of sp³-hybridized carbons (Fsp3) is 0.321. The first kappa shape index (κ1) is 30.3. The summed E-state index contributed by atoms with van der Waals surface area (Å²) in [6, 6.07) is 19.3. The maximum atomic E-state index is 12.8. The molecule has 9 nitrogen and oxygen atoms in total. The molecule has 4 rings (SSSR count). The Kier molecular flexibility index (Phi) is 10.1. The Morgan fingerprint density at radius 1 is 0.950 bits per heavy atom. The molecule has 0 radical (unpaired) electrons. The predicted molar refractivity (Wildman–Crippen MR) is 155 cm³/mol. The molecule has 1 aromatic heterocycles. The van der Waals surface area contributed by atoms with E-state index in [0.717, 1.165) is 31.9 Å². The molecule has 0 bridgehead atoms. The Labute approximate surface area is 238 Å². The van der Waals surface area contributed by atoms with Crippen LogP contribution in [0.15, 0.2) is 71.6 Å². The Balaban J connectivity index is 1.35. The van der Waals surface area contributed by atoms with Crippen LogP contribution in [0.25, 0.3) is 20.8 Å². The van der Waals surface area contributed by atoms with Crippen molar-refractivity contribution in [3.05, 3.63) is 77.9 Å². The van der Waals surface area contributed by atoms with Crippen molar-refractivity contribution in [1.29, 1.82) is 0 Å². The number of thiazole rings is 1. The molecule has 214 valence electrons. The molecule has 1 unspecified atom stereocenters. The van der Waals surface area contributed by atoms with Gasteiger partial charge >= 0.3 is 7.60 Å². The van der Waals surface area contributed by atoms with E-state index in [1.165, 1.54) is 23.5 Å². The highest BCUT2D eigenvalue weighted by Crippen LogP contribution is 2.51. The van der Waals surface area contributed by atoms with Gasteiger partial charge in [-0.2, -0.15) is 8.42 Å². The second-order valence-electron chi connectivity index (χ2n) is 8.97. The Bertz CT molecular complexity index is 1560. The summed E-state index contributed by atoms with van der Waals surface area (Å²) in [5.74, 6) is 0.489. The lowest BCUT2D eigenvalue weighted by molar-refractivity contribution is 0.0649. The van der Waals surface area contributed by atoms with Gasteiger partial charge in [0.25, 0.3) is 10.1 Å². The molecule has 0 aliphatic rings. The molecule has 0 aliphatic carbocycles. The van der Waals surface area contributed by atoms with Gasteiger partial charge in [0, 0.05) is 11.6 Å². The quantitative estimate of drug-likeness (QED) is 0.133. The van der Waals surface area contributed by atoms with Gasteiger partial charge in [-0.15, -0.1) is 11.3 Å².